The van der Waals surface area contributed by atoms with Crippen LogP contribution in [0.1, 0.15) is 71.3 Å². The Kier molecular flexibility index (Phi) is 6.43. The number of hydrogen-bond acceptors (Lipinski definition) is 4. The van der Waals surface area contributed by atoms with Crippen LogP contribution in [0.4, 0.5) is 0 Å². The summed E-state index contributed by atoms with van der Waals surface area (Å²) in [5, 5.41) is 13.2. The van der Waals surface area contributed by atoms with E-state index in [2.05, 4.69) is 5.32 Å². The first kappa shape index (κ1) is 21.6. The Balaban J connectivity index is 1.62. The van der Waals surface area contributed by atoms with Crippen molar-refractivity contribution < 1.29 is 19.4 Å². The van der Waals surface area contributed by atoms with Gasteiger partial charge in [0.1, 0.15) is 5.69 Å². The van der Waals surface area contributed by atoms with Crippen LogP contribution in [0.25, 0.3) is 0 Å². The van der Waals surface area contributed by atoms with Crippen LogP contribution in [0, 0.1) is 0 Å². The monoisotopic (exact) mass is 425 g/mol. The largest absolute Gasteiger partial charge is 0.391 e. The van der Waals surface area contributed by atoms with Gasteiger partial charge in [-0.2, -0.15) is 0 Å². The van der Waals surface area contributed by atoms with E-state index in [-0.39, 0.29) is 23.9 Å². The Morgan fingerprint density at radius 3 is 2.74 bits per heavy atom. The lowest BCUT2D eigenvalue weighted by molar-refractivity contribution is 0.0509. The summed E-state index contributed by atoms with van der Waals surface area (Å²) in [5.74, 6) is -0.321. The maximum absolute atomic E-state index is 13.4. The molecule has 3 unspecified atom stereocenters. The highest BCUT2D eigenvalue weighted by molar-refractivity contribution is 6.01. The highest BCUT2D eigenvalue weighted by Gasteiger charge is 2.35. The number of aliphatic hydroxyl groups is 1. The van der Waals surface area contributed by atoms with Crippen molar-refractivity contribution in [2.75, 3.05) is 13.2 Å². The fourth-order valence-electron chi connectivity index (χ4n) is 4.73. The minimum absolute atomic E-state index is 0.105. The van der Waals surface area contributed by atoms with Gasteiger partial charge in [-0.05, 0) is 37.8 Å². The van der Waals surface area contributed by atoms with Gasteiger partial charge >= 0.3 is 0 Å². The Hall–Kier alpha value is -2.64. The summed E-state index contributed by atoms with van der Waals surface area (Å²) in [7, 11) is 0. The van der Waals surface area contributed by atoms with E-state index < -0.39 is 6.10 Å². The van der Waals surface area contributed by atoms with Gasteiger partial charge in [0.05, 0.1) is 42.7 Å². The molecule has 7 heteroatoms. The number of nitrogens with one attached hydrogen (secondary N) is 1. The lowest BCUT2D eigenvalue weighted by Gasteiger charge is -2.28. The Labute approximate surface area is 183 Å². The third-order valence-electron chi connectivity index (χ3n) is 6.40. The molecule has 7 nitrogen and oxygen atoms in total. The van der Waals surface area contributed by atoms with Crippen LogP contribution in [0.15, 0.2) is 36.4 Å². The minimum Gasteiger partial charge on any atom is -0.391 e. The molecule has 3 atom stereocenters. The third-order valence-corrected chi connectivity index (χ3v) is 6.40. The van der Waals surface area contributed by atoms with Crippen LogP contribution in [0.5, 0.6) is 0 Å². The Bertz CT molecular complexity index is 938. The number of amides is 2. The van der Waals surface area contributed by atoms with Crippen molar-refractivity contribution in [3.63, 3.8) is 0 Å². The topological polar surface area (TPSA) is 83.8 Å². The average Bonchev–Trinajstić information content (AvgIpc) is 3.43. The first-order valence-electron chi connectivity index (χ1n) is 11.2. The number of fused-ring (bicyclic) bond motifs is 1. The summed E-state index contributed by atoms with van der Waals surface area (Å²) in [4.78, 5) is 28.4. The van der Waals surface area contributed by atoms with Crippen molar-refractivity contribution in [2.24, 2.45) is 0 Å². The SMILES string of the molecule is CCC(NC(=O)c1cc(C(=O)N2CCCC2C(C)O)n2c1COCC2)c1ccccc1. The minimum atomic E-state index is -0.579. The predicted octanol–water partition coefficient (Wildman–Crippen LogP) is 2.88. The number of likely N-dealkylation sites (tertiary alicyclic amines) is 1. The molecule has 2 aromatic rings. The van der Waals surface area contributed by atoms with E-state index in [0.29, 0.717) is 37.6 Å². The molecule has 1 fully saturated rings. The lowest BCUT2D eigenvalue weighted by Crippen LogP contribution is -2.42. The average molecular weight is 426 g/mol. The standard InChI is InChI=1S/C24H31N3O4/c1-3-19(17-8-5-4-6-9-17)25-23(29)18-14-21(26-12-13-31-15-22(18)26)24(30)27-11-7-10-20(27)16(2)28/h4-6,8-9,14,16,19-20,28H,3,7,10-13,15H2,1-2H3,(H,25,29). The van der Waals surface area contributed by atoms with Gasteiger partial charge in [0, 0.05) is 13.1 Å². The van der Waals surface area contributed by atoms with Gasteiger partial charge in [-0.3, -0.25) is 9.59 Å². The van der Waals surface area contributed by atoms with Gasteiger partial charge in [-0.1, -0.05) is 37.3 Å². The molecule has 0 saturated carbocycles. The van der Waals surface area contributed by atoms with E-state index in [0.717, 1.165) is 30.5 Å². The molecule has 0 radical (unpaired) electrons. The molecule has 2 aliphatic heterocycles. The number of carbonyl (C=O) groups excluding carboxylic acids is 2. The molecule has 1 saturated heterocycles. The van der Waals surface area contributed by atoms with Crippen molar-refractivity contribution in [1.82, 2.24) is 14.8 Å². The van der Waals surface area contributed by atoms with E-state index >= 15 is 0 Å². The molecular formula is C24H31N3O4. The molecule has 2 N–H and O–H groups in total. The number of benzene rings is 1. The summed E-state index contributed by atoms with van der Waals surface area (Å²) in [5.41, 5.74) is 2.78. The highest BCUT2D eigenvalue weighted by atomic mass is 16.5. The van der Waals surface area contributed by atoms with Crippen LogP contribution in [0.3, 0.4) is 0 Å². The van der Waals surface area contributed by atoms with Crippen LogP contribution in [-0.2, 0) is 17.9 Å². The van der Waals surface area contributed by atoms with E-state index in [1.807, 2.05) is 41.8 Å². The molecule has 4 rings (SSSR count). The molecule has 1 aromatic carbocycles. The molecule has 0 bridgehead atoms. The second-order valence-electron chi connectivity index (χ2n) is 8.39. The zero-order valence-electron chi connectivity index (χ0n) is 18.2. The number of hydrogen-bond donors (Lipinski definition) is 2. The molecule has 31 heavy (non-hydrogen) atoms. The molecule has 2 amide bonds. The zero-order chi connectivity index (χ0) is 22.0. The fourth-order valence-corrected chi connectivity index (χ4v) is 4.73. The smallest absolute Gasteiger partial charge is 0.270 e. The van der Waals surface area contributed by atoms with Crippen LogP contribution in [-0.4, -0.2) is 51.7 Å². The molecule has 1 aromatic heterocycles. The van der Waals surface area contributed by atoms with E-state index in [1.165, 1.54) is 0 Å². The maximum atomic E-state index is 13.4. The third kappa shape index (κ3) is 4.25. The van der Waals surface area contributed by atoms with Gasteiger partial charge in [0.25, 0.3) is 11.8 Å². The number of ether oxygens (including phenoxy) is 1. The van der Waals surface area contributed by atoms with Crippen molar-refractivity contribution in [1.29, 1.82) is 0 Å². The summed E-state index contributed by atoms with van der Waals surface area (Å²) in [6, 6.07) is 11.3. The van der Waals surface area contributed by atoms with Crippen molar-refractivity contribution >= 4 is 11.8 Å². The summed E-state index contributed by atoms with van der Waals surface area (Å²) in [6.45, 7) is 5.73. The molecule has 166 valence electrons. The Morgan fingerprint density at radius 1 is 1.26 bits per heavy atom. The maximum Gasteiger partial charge on any atom is 0.270 e. The number of carbonyl (C=O) groups is 2. The molecule has 3 heterocycles. The molecule has 0 spiro atoms. The summed E-state index contributed by atoms with van der Waals surface area (Å²) < 4.78 is 7.53. The van der Waals surface area contributed by atoms with Gasteiger partial charge in [0.15, 0.2) is 0 Å². The van der Waals surface area contributed by atoms with Crippen LogP contribution in [0.2, 0.25) is 0 Å². The van der Waals surface area contributed by atoms with E-state index in [9.17, 15) is 14.7 Å². The van der Waals surface area contributed by atoms with E-state index in [1.54, 1.807) is 17.9 Å². The quantitative estimate of drug-likeness (QED) is 0.746. The summed E-state index contributed by atoms with van der Waals surface area (Å²) >= 11 is 0. The fraction of sp³-hybridized carbons (Fsp3) is 0.500. The van der Waals surface area contributed by atoms with Gasteiger partial charge < -0.3 is 24.6 Å². The zero-order valence-corrected chi connectivity index (χ0v) is 18.2. The predicted molar refractivity (Wildman–Crippen MR) is 117 cm³/mol. The first-order chi connectivity index (χ1) is 15.0. The van der Waals surface area contributed by atoms with Crippen LogP contribution < -0.4 is 5.32 Å². The number of rotatable bonds is 6. The summed E-state index contributed by atoms with van der Waals surface area (Å²) in [6.07, 6.45) is 1.85. The van der Waals surface area contributed by atoms with Gasteiger partial charge in [-0.15, -0.1) is 0 Å². The normalized spacial score (nSPS) is 20.2. The number of aliphatic hydroxyl groups excluding tert-OH is 1. The molecule has 2 aliphatic rings. The lowest BCUT2D eigenvalue weighted by atomic mass is 10.0. The number of nitrogens with zero attached hydrogens (tertiary/aromatic N) is 2. The van der Waals surface area contributed by atoms with Gasteiger partial charge in [-0.25, -0.2) is 0 Å². The molecule has 0 aliphatic carbocycles. The van der Waals surface area contributed by atoms with Gasteiger partial charge in [0.2, 0.25) is 0 Å². The van der Waals surface area contributed by atoms with Crippen LogP contribution >= 0.6 is 0 Å². The molecular weight excluding hydrogens is 394 g/mol. The van der Waals surface area contributed by atoms with Crippen molar-refractivity contribution in [2.45, 2.75) is 64.4 Å². The van der Waals surface area contributed by atoms with E-state index in [4.69, 9.17) is 4.74 Å². The second kappa shape index (κ2) is 9.24. The highest BCUT2D eigenvalue weighted by Crippen LogP contribution is 2.27. The second-order valence-corrected chi connectivity index (χ2v) is 8.39. The first-order valence-corrected chi connectivity index (χ1v) is 11.2. The number of aromatic nitrogens is 1. The van der Waals surface area contributed by atoms with Crippen molar-refractivity contribution in [3.05, 3.63) is 58.9 Å². The Morgan fingerprint density at radius 2 is 2.03 bits per heavy atom. The van der Waals surface area contributed by atoms with Crippen molar-refractivity contribution in [3.8, 4) is 0 Å².